The summed E-state index contributed by atoms with van der Waals surface area (Å²) in [6.07, 6.45) is 5.76. The molecule has 0 atom stereocenters. The molecule has 0 saturated carbocycles. The van der Waals surface area contributed by atoms with Crippen LogP contribution in [0.2, 0.25) is 18.1 Å². The van der Waals surface area contributed by atoms with Gasteiger partial charge in [0.2, 0.25) is 11.8 Å². The van der Waals surface area contributed by atoms with Gasteiger partial charge in [0.15, 0.2) is 8.32 Å². The number of carboxylic acids is 1. The molecule has 13 heteroatoms. The van der Waals surface area contributed by atoms with Crippen LogP contribution in [0.1, 0.15) is 56.1 Å². The van der Waals surface area contributed by atoms with E-state index in [9.17, 15) is 14.7 Å². The molecule has 0 aliphatic heterocycles. The second-order valence-electron chi connectivity index (χ2n) is 12.4. The average Bonchev–Trinajstić information content (AvgIpc) is 3.45. The molecule has 0 saturated heterocycles. The monoisotopic (exact) mass is 609 g/mol. The van der Waals surface area contributed by atoms with Crippen molar-refractivity contribution in [1.29, 1.82) is 0 Å². The maximum absolute atomic E-state index is 13.4. The molecule has 4 rings (SSSR count). The van der Waals surface area contributed by atoms with Gasteiger partial charge in [-0.1, -0.05) is 20.8 Å². The minimum Gasteiger partial charge on any atom is -0.478 e. The van der Waals surface area contributed by atoms with E-state index in [1.54, 1.807) is 40.2 Å². The van der Waals surface area contributed by atoms with Crippen LogP contribution >= 0.6 is 0 Å². The Bertz CT molecular complexity index is 1670. The second-order valence-corrected chi connectivity index (χ2v) is 17.2. The number of hydrogen-bond donors (Lipinski definition) is 2. The van der Waals surface area contributed by atoms with E-state index in [1.807, 2.05) is 6.07 Å². The lowest BCUT2D eigenvalue weighted by atomic mass is 10.1. The predicted molar refractivity (Wildman–Crippen MR) is 169 cm³/mol. The number of carbonyl (C=O) groups is 1. The molecular formula is C30H43N7O5Si. The van der Waals surface area contributed by atoms with Crippen LogP contribution in [-0.2, 0) is 24.6 Å². The summed E-state index contributed by atoms with van der Waals surface area (Å²) in [4.78, 5) is 33.8. The van der Waals surface area contributed by atoms with Crippen LogP contribution in [0, 0.1) is 6.92 Å². The van der Waals surface area contributed by atoms with Crippen LogP contribution in [0.25, 0.3) is 22.3 Å². The van der Waals surface area contributed by atoms with Gasteiger partial charge in [-0.15, -0.1) is 0 Å². The smallest absolute Gasteiger partial charge is 0.335 e. The molecule has 0 aromatic carbocycles. The van der Waals surface area contributed by atoms with Gasteiger partial charge in [-0.25, -0.2) is 14.5 Å². The minimum absolute atomic E-state index is 0.101. The molecule has 0 aliphatic rings. The highest BCUT2D eigenvalue weighted by Crippen LogP contribution is 2.36. The van der Waals surface area contributed by atoms with Crippen LogP contribution in [0.15, 0.2) is 35.4 Å². The zero-order chi connectivity index (χ0) is 31.5. The van der Waals surface area contributed by atoms with Crippen molar-refractivity contribution >= 4 is 31.3 Å². The third-order valence-corrected chi connectivity index (χ3v) is 12.7. The fourth-order valence-electron chi connectivity index (χ4n) is 4.63. The number of nitrogen functional groups attached to an aromatic ring is 1. The Hall–Kier alpha value is -3.97. The lowest BCUT2D eigenvalue weighted by Crippen LogP contribution is -2.41. The Morgan fingerprint density at radius 3 is 2.53 bits per heavy atom. The zero-order valence-corrected chi connectivity index (χ0v) is 27.2. The zero-order valence-electron chi connectivity index (χ0n) is 26.2. The van der Waals surface area contributed by atoms with Crippen molar-refractivity contribution < 1.29 is 19.1 Å². The second kappa shape index (κ2) is 12.7. The highest BCUT2D eigenvalue weighted by atomic mass is 28.4. The van der Waals surface area contributed by atoms with Crippen molar-refractivity contribution in [2.45, 2.75) is 78.2 Å². The Balaban J connectivity index is 1.35. The van der Waals surface area contributed by atoms with Crippen molar-refractivity contribution in [2.24, 2.45) is 7.05 Å². The van der Waals surface area contributed by atoms with Crippen molar-refractivity contribution in [1.82, 2.24) is 28.9 Å². The van der Waals surface area contributed by atoms with Crippen LogP contribution in [0.4, 0.5) is 5.95 Å². The first-order valence-electron chi connectivity index (χ1n) is 14.6. The van der Waals surface area contributed by atoms with Crippen molar-refractivity contribution in [3.63, 3.8) is 0 Å². The van der Waals surface area contributed by atoms with E-state index in [4.69, 9.17) is 14.9 Å². The first kappa shape index (κ1) is 32.0. The molecule has 0 amide bonds. The summed E-state index contributed by atoms with van der Waals surface area (Å²) in [7, 11) is -0.138. The van der Waals surface area contributed by atoms with Gasteiger partial charge >= 0.3 is 5.97 Å². The van der Waals surface area contributed by atoms with E-state index in [-0.39, 0.29) is 16.2 Å². The number of carboxylic acid groups (broad SMARTS) is 1. The number of aromatic carboxylic acids is 1. The van der Waals surface area contributed by atoms with Gasteiger partial charge in [-0.05, 0) is 62.5 Å². The molecular weight excluding hydrogens is 566 g/mol. The normalized spacial score (nSPS) is 12.3. The van der Waals surface area contributed by atoms with E-state index in [0.717, 1.165) is 19.3 Å². The van der Waals surface area contributed by atoms with E-state index in [0.29, 0.717) is 66.1 Å². The lowest BCUT2D eigenvalue weighted by molar-refractivity contribution is 0.0696. The van der Waals surface area contributed by atoms with Gasteiger partial charge in [0, 0.05) is 32.0 Å². The van der Waals surface area contributed by atoms with Gasteiger partial charge < -0.3 is 29.1 Å². The average molecular weight is 610 g/mol. The number of aryl methyl sites for hydroxylation is 3. The molecule has 0 fully saturated rings. The fourth-order valence-corrected chi connectivity index (χ4v) is 5.67. The molecule has 43 heavy (non-hydrogen) atoms. The Morgan fingerprint density at radius 2 is 1.84 bits per heavy atom. The molecule has 4 aromatic rings. The number of anilines is 1. The van der Waals surface area contributed by atoms with Crippen molar-refractivity contribution in [3.05, 3.63) is 52.2 Å². The third-order valence-electron chi connectivity index (χ3n) is 8.13. The van der Waals surface area contributed by atoms with Crippen molar-refractivity contribution in [3.8, 4) is 17.1 Å². The summed E-state index contributed by atoms with van der Waals surface area (Å²) >= 11 is 0. The van der Waals surface area contributed by atoms with Gasteiger partial charge in [0.05, 0.1) is 41.7 Å². The molecule has 4 aromatic heterocycles. The number of imidazole rings is 1. The largest absolute Gasteiger partial charge is 0.478 e. The van der Waals surface area contributed by atoms with Gasteiger partial charge in [-0.2, -0.15) is 5.10 Å². The Labute approximate surface area is 252 Å². The summed E-state index contributed by atoms with van der Waals surface area (Å²) in [5.74, 6) is -0.166. The third kappa shape index (κ3) is 7.16. The fraction of sp³-hybridized carbons (Fsp3) is 0.500. The Morgan fingerprint density at radius 1 is 1.09 bits per heavy atom. The first-order chi connectivity index (χ1) is 20.2. The van der Waals surface area contributed by atoms with Crippen LogP contribution in [0.5, 0.6) is 5.88 Å². The molecule has 0 bridgehead atoms. The number of nitrogens with two attached hydrogens (primary N) is 1. The number of hydrogen-bond acceptors (Lipinski definition) is 8. The molecule has 4 heterocycles. The number of fused-ring (bicyclic) bond motifs is 1. The van der Waals surface area contributed by atoms with Gasteiger partial charge in [0.1, 0.15) is 5.52 Å². The maximum atomic E-state index is 13.4. The van der Waals surface area contributed by atoms with Crippen molar-refractivity contribution in [2.75, 3.05) is 18.9 Å². The first-order valence-corrected chi connectivity index (χ1v) is 17.5. The highest BCUT2D eigenvalue weighted by Gasteiger charge is 2.36. The topological polar surface area (TPSA) is 152 Å². The highest BCUT2D eigenvalue weighted by molar-refractivity contribution is 6.74. The van der Waals surface area contributed by atoms with Gasteiger partial charge in [0.25, 0.3) is 5.56 Å². The molecule has 0 radical (unpaired) electrons. The summed E-state index contributed by atoms with van der Waals surface area (Å²) in [6.45, 7) is 14.7. The summed E-state index contributed by atoms with van der Waals surface area (Å²) in [6, 6.07) is 4.88. The van der Waals surface area contributed by atoms with E-state index >= 15 is 0 Å². The SMILES string of the molecule is Cc1cc(C(=O)O)cc(-c2cnn(C)c2OCCCCCn2c(N)nc3ccn(CCO[Si](C)(C)C(C)(C)C)c(=O)c32)n1. The maximum Gasteiger partial charge on any atom is 0.335 e. The quantitative estimate of drug-likeness (QED) is 0.160. The molecule has 0 spiro atoms. The van der Waals surface area contributed by atoms with E-state index in [1.165, 1.54) is 12.1 Å². The number of ether oxygens (including phenoxy) is 1. The number of rotatable bonds is 13. The summed E-state index contributed by atoms with van der Waals surface area (Å²) in [5.41, 5.74) is 9.09. The van der Waals surface area contributed by atoms with E-state index in [2.05, 4.69) is 48.9 Å². The lowest BCUT2D eigenvalue weighted by Gasteiger charge is -2.36. The van der Waals surface area contributed by atoms with Gasteiger partial charge in [-0.3, -0.25) is 9.78 Å². The number of nitrogens with zero attached hydrogens (tertiary/aromatic N) is 6. The summed E-state index contributed by atoms with van der Waals surface area (Å²) in [5, 5.41) is 13.8. The van der Waals surface area contributed by atoms with Crippen LogP contribution in [0.3, 0.4) is 0 Å². The number of unbranched alkanes of at least 4 members (excludes halogenated alkanes) is 2. The molecule has 232 valence electrons. The molecule has 3 N–H and O–H groups in total. The van der Waals surface area contributed by atoms with Crippen LogP contribution in [-0.4, -0.2) is 61.5 Å². The van der Waals surface area contributed by atoms with Crippen LogP contribution < -0.4 is 16.0 Å². The standard InChI is InChI=1S/C30H43N7O5Si/c1-20-17-21(28(39)40)18-24(33-20)22-19-32-35(5)27(22)41-15-10-8-9-12-37-25-23(34-29(37)31)11-13-36(26(25)38)14-16-42-43(6,7)30(2,3)4/h11,13,17-19H,8-10,12,14-16H2,1-7H3,(H2,31,34)(H,39,40). The summed E-state index contributed by atoms with van der Waals surface area (Å²) < 4.78 is 17.4. The number of aromatic nitrogens is 6. The predicted octanol–water partition coefficient (Wildman–Crippen LogP) is 4.85. The minimum atomic E-state index is -1.91. The molecule has 0 aliphatic carbocycles. The Kier molecular flexibility index (Phi) is 9.45. The molecule has 0 unspecified atom stereocenters. The van der Waals surface area contributed by atoms with E-state index < -0.39 is 14.3 Å². The molecule has 12 nitrogen and oxygen atoms in total. The number of pyridine rings is 2.